The lowest BCUT2D eigenvalue weighted by Gasteiger charge is -2.16. The first kappa shape index (κ1) is 12.7. The number of nitrogens with zero attached hydrogens (tertiary/aromatic N) is 2. The summed E-state index contributed by atoms with van der Waals surface area (Å²) in [6.07, 6.45) is 6.90. The second kappa shape index (κ2) is 5.25. The quantitative estimate of drug-likeness (QED) is 0.655. The number of hydrogen-bond donors (Lipinski definition) is 1. The van der Waals surface area contributed by atoms with Gasteiger partial charge in [-0.2, -0.15) is 0 Å². The van der Waals surface area contributed by atoms with Gasteiger partial charge in [-0.25, -0.2) is 9.78 Å². The summed E-state index contributed by atoms with van der Waals surface area (Å²) in [5.41, 5.74) is 6.31. The SMILES string of the molecule is CCOC(=O)c1nc(CC)n(C2CC=CC2)c1N. The topological polar surface area (TPSA) is 70.1 Å². The van der Waals surface area contributed by atoms with Crippen LogP contribution in [0.4, 0.5) is 5.82 Å². The predicted octanol–water partition coefficient (Wildman–Crippen LogP) is 2.10. The first-order valence-corrected chi connectivity index (χ1v) is 6.37. The van der Waals surface area contributed by atoms with Crippen molar-refractivity contribution >= 4 is 11.8 Å². The molecule has 1 heterocycles. The molecule has 0 fully saturated rings. The van der Waals surface area contributed by atoms with Gasteiger partial charge < -0.3 is 15.0 Å². The normalized spacial score (nSPS) is 15.2. The molecule has 0 unspecified atom stereocenters. The fraction of sp³-hybridized carbons (Fsp3) is 0.538. The van der Waals surface area contributed by atoms with Crippen molar-refractivity contribution in [3.05, 3.63) is 23.7 Å². The van der Waals surface area contributed by atoms with Gasteiger partial charge in [0.05, 0.1) is 6.61 Å². The average molecular weight is 249 g/mol. The third kappa shape index (κ3) is 2.12. The number of esters is 1. The molecule has 0 atom stereocenters. The van der Waals surface area contributed by atoms with Gasteiger partial charge in [0, 0.05) is 12.5 Å². The van der Waals surface area contributed by atoms with Crippen LogP contribution >= 0.6 is 0 Å². The molecule has 98 valence electrons. The molecule has 0 aromatic carbocycles. The minimum Gasteiger partial charge on any atom is -0.461 e. The Morgan fingerprint density at radius 3 is 2.72 bits per heavy atom. The third-order valence-corrected chi connectivity index (χ3v) is 3.15. The minimum atomic E-state index is -0.436. The first-order valence-electron chi connectivity index (χ1n) is 6.37. The number of allylic oxidation sites excluding steroid dienone is 2. The highest BCUT2D eigenvalue weighted by atomic mass is 16.5. The number of imidazole rings is 1. The largest absolute Gasteiger partial charge is 0.461 e. The molecular formula is C13H19N3O2. The van der Waals surface area contributed by atoms with Crippen molar-refractivity contribution in [2.75, 3.05) is 12.3 Å². The summed E-state index contributed by atoms with van der Waals surface area (Å²) < 4.78 is 6.95. The number of nitrogens with two attached hydrogens (primary N) is 1. The van der Waals surface area contributed by atoms with Crippen LogP contribution in [-0.4, -0.2) is 22.1 Å². The van der Waals surface area contributed by atoms with Gasteiger partial charge in [0.15, 0.2) is 5.69 Å². The zero-order valence-corrected chi connectivity index (χ0v) is 10.8. The lowest BCUT2D eigenvalue weighted by molar-refractivity contribution is 0.0521. The van der Waals surface area contributed by atoms with Gasteiger partial charge in [-0.15, -0.1) is 0 Å². The van der Waals surface area contributed by atoms with Gasteiger partial charge in [0.1, 0.15) is 11.6 Å². The number of anilines is 1. The molecule has 5 heteroatoms. The van der Waals surface area contributed by atoms with Crippen LogP contribution in [0.5, 0.6) is 0 Å². The Morgan fingerprint density at radius 2 is 2.17 bits per heavy atom. The molecule has 1 aliphatic rings. The van der Waals surface area contributed by atoms with Gasteiger partial charge >= 0.3 is 5.97 Å². The van der Waals surface area contributed by atoms with Gasteiger partial charge in [-0.3, -0.25) is 0 Å². The fourth-order valence-electron chi connectivity index (χ4n) is 2.31. The van der Waals surface area contributed by atoms with E-state index in [1.807, 2.05) is 11.5 Å². The third-order valence-electron chi connectivity index (χ3n) is 3.15. The lowest BCUT2D eigenvalue weighted by Crippen LogP contribution is -2.13. The van der Waals surface area contributed by atoms with Crippen LogP contribution in [0.3, 0.4) is 0 Å². The van der Waals surface area contributed by atoms with Gasteiger partial charge in [-0.05, 0) is 19.8 Å². The standard InChI is InChI=1S/C13H19N3O2/c1-3-10-15-11(13(17)18-4-2)12(14)16(10)9-7-5-6-8-9/h5-6,9H,3-4,7-8,14H2,1-2H3. The number of ether oxygens (including phenoxy) is 1. The van der Waals surface area contributed by atoms with E-state index >= 15 is 0 Å². The van der Waals surface area contributed by atoms with Crippen LogP contribution in [0, 0.1) is 0 Å². The Bertz CT molecular complexity index is 469. The zero-order valence-electron chi connectivity index (χ0n) is 10.8. The molecule has 0 bridgehead atoms. The Labute approximate surface area is 107 Å². The van der Waals surface area contributed by atoms with Crippen molar-refractivity contribution in [2.45, 2.75) is 39.2 Å². The lowest BCUT2D eigenvalue weighted by atomic mass is 10.2. The van der Waals surface area contributed by atoms with Crippen LogP contribution in [0.2, 0.25) is 0 Å². The number of carbonyl (C=O) groups excluding carboxylic acids is 1. The van der Waals surface area contributed by atoms with Crippen LogP contribution in [0.15, 0.2) is 12.2 Å². The molecule has 0 amide bonds. The molecule has 1 aromatic heterocycles. The Hall–Kier alpha value is -1.78. The summed E-state index contributed by atoms with van der Waals surface area (Å²) in [6.45, 7) is 4.11. The van der Waals surface area contributed by atoms with E-state index < -0.39 is 5.97 Å². The van der Waals surface area contributed by atoms with Crippen molar-refractivity contribution in [1.82, 2.24) is 9.55 Å². The summed E-state index contributed by atoms with van der Waals surface area (Å²) in [6, 6.07) is 0.288. The maximum Gasteiger partial charge on any atom is 0.360 e. The van der Waals surface area contributed by atoms with Crippen LogP contribution in [0.1, 0.15) is 49.0 Å². The summed E-state index contributed by atoms with van der Waals surface area (Å²) in [5.74, 6) is 0.845. The second-order valence-electron chi connectivity index (χ2n) is 4.30. The highest BCUT2D eigenvalue weighted by Crippen LogP contribution is 2.30. The van der Waals surface area contributed by atoms with Crippen LogP contribution in [-0.2, 0) is 11.2 Å². The maximum absolute atomic E-state index is 11.8. The molecule has 1 aliphatic carbocycles. The second-order valence-corrected chi connectivity index (χ2v) is 4.30. The predicted molar refractivity (Wildman–Crippen MR) is 69.4 cm³/mol. The number of hydrogen-bond acceptors (Lipinski definition) is 4. The number of nitrogen functional groups attached to an aromatic ring is 1. The van der Waals surface area contributed by atoms with Gasteiger partial charge in [0.2, 0.25) is 0 Å². The van der Waals surface area contributed by atoms with Gasteiger partial charge in [0.25, 0.3) is 0 Å². The van der Waals surface area contributed by atoms with Crippen molar-refractivity contribution in [2.24, 2.45) is 0 Å². The molecule has 0 spiro atoms. The molecule has 0 aliphatic heterocycles. The summed E-state index contributed by atoms with van der Waals surface area (Å²) in [5, 5.41) is 0. The van der Waals surface area contributed by atoms with Crippen molar-refractivity contribution in [3.63, 3.8) is 0 Å². The van der Waals surface area contributed by atoms with E-state index in [2.05, 4.69) is 17.1 Å². The Morgan fingerprint density at radius 1 is 1.50 bits per heavy atom. The van der Waals surface area contributed by atoms with E-state index in [1.54, 1.807) is 6.92 Å². The monoisotopic (exact) mass is 249 g/mol. The average Bonchev–Trinajstić information content (AvgIpc) is 2.96. The van der Waals surface area contributed by atoms with E-state index in [-0.39, 0.29) is 11.7 Å². The summed E-state index contributed by atoms with van der Waals surface area (Å²) in [4.78, 5) is 16.1. The molecule has 0 radical (unpaired) electrons. The molecule has 1 aromatic rings. The van der Waals surface area contributed by atoms with Crippen LogP contribution < -0.4 is 5.73 Å². The van der Waals surface area contributed by atoms with Crippen molar-refractivity contribution in [3.8, 4) is 0 Å². The van der Waals surface area contributed by atoms with E-state index in [4.69, 9.17) is 10.5 Å². The molecule has 2 rings (SSSR count). The highest BCUT2D eigenvalue weighted by Gasteiger charge is 2.25. The van der Waals surface area contributed by atoms with E-state index in [1.165, 1.54) is 0 Å². The van der Waals surface area contributed by atoms with E-state index in [9.17, 15) is 4.79 Å². The summed E-state index contributed by atoms with van der Waals surface area (Å²) in [7, 11) is 0. The minimum absolute atomic E-state index is 0.251. The molecule has 5 nitrogen and oxygen atoms in total. The van der Waals surface area contributed by atoms with Gasteiger partial charge in [-0.1, -0.05) is 19.1 Å². The first-order chi connectivity index (χ1) is 8.69. The molecule has 18 heavy (non-hydrogen) atoms. The number of aryl methyl sites for hydroxylation is 1. The molecule has 0 saturated carbocycles. The summed E-state index contributed by atoms with van der Waals surface area (Å²) >= 11 is 0. The van der Waals surface area contributed by atoms with Crippen molar-refractivity contribution in [1.29, 1.82) is 0 Å². The zero-order chi connectivity index (χ0) is 13.1. The smallest absolute Gasteiger partial charge is 0.360 e. The van der Waals surface area contributed by atoms with E-state index in [0.717, 1.165) is 25.1 Å². The molecule has 2 N–H and O–H groups in total. The highest BCUT2D eigenvalue weighted by molar-refractivity contribution is 5.92. The number of carbonyl (C=O) groups is 1. The molecule has 0 saturated heterocycles. The molecular weight excluding hydrogens is 230 g/mol. The Balaban J connectivity index is 2.36. The number of rotatable bonds is 4. The van der Waals surface area contributed by atoms with Crippen molar-refractivity contribution < 1.29 is 9.53 Å². The van der Waals surface area contributed by atoms with Crippen LogP contribution in [0.25, 0.3) is 0 Å². The maximum atomic E-state index is 11.8. The Kier molecular flexibility index (Phi) is 3.69. The fourth-order valence-corrected chi connectivity index (χ4v) is 2.31. The number of aromatic nitrogens is 2. The van der Waals surface area contributed by atoms with E-state index in [0.29, 0.717) is 12.4 Å².